The standard InChI is InChI=1S/C23H20Cl2N2O4S/c1-4-31-23(30)18-13(3)19(21(29)26-17-10-6-9-16(25)12(17)2)32-22(18)27-20(28)14-7-5-8-15(24)11-14/h5-11H,4H2,1-3H3,(H,26,29)(H,27,28). The third-order valence-electron chi connectivity index (χ3n) is 4.66. The first-order chi connectivity index (χ1) is 15.2. The lowest BCUT2D eigenvalue weighted by Crippen LogP contribution is -2.15. The van der Waals surface area contributed by atoms with Gasteiger partial charge in [0.05, 0.1) is 17.0 Å². The fraction of sp³-hybridized carbons (Fsp3) is 0.174. The van der Waals surface area contributed by atoms with Gasteiger partial charge in [-0.3, -0.25) is 9.59 Å². The first-order valence-electron chi connectivity index (χ1n) is 9.66. The molecule has 0 radical (unpaired) electrons. The zero-order valence-corrected chi connectivity index (χ0v) is 19.9. The molecule has 0 unspecified atom stereocenters. The lowest BCUT2D eigenvalue weighted by Gasteiger charge is -2.09. The highest BCUT2D eigenvalue weighted by molar-refractivity contribution is 7.19. The van der Waals surface area contributed by atoms with Crippen LogP contribution in [0.15, 0.2) is 42.5 Å². The number of carbonyl (C=O) groups excluding carboxylic acids is 3. The van der Waals surface area contributed by atoms with Crippen molar-refractivity contribution in [3.8, 4) is 0 Å². The Morgan fingerprint density at radius 3 is 2.38 bits per heavy atom. The molecule has 2 amide bonds. The van der Waals surface area contributed by atoms with Gasteiger partial charge in [-0.2, -0.15) is 0 Å². The van der Waals surface area contributed by atoms with E-state index in [-0.39, 0.29) is 22.0 Å². The molecule has 0 bridgehead atoms. The van der Waals surface area contributed by atoms with Crippen LogP contribution in [0.4, 0.5) is 10.7 Å². The largest absolute Gasteiger partial charge is 0.462 e. The lowest BCUT2D eigenvalue weighted by molar-refractivity contribution is 0.0527. The minimum atomic E-state index is -0.624. The maximum Gasteiger partial charge on any atom is 0.341 e. The summed E-state index contributed by atoms with van der Waals surface area (Å²) in [6.07, 6.45) is 0. The summed E-state index contributed by atoms with van der Waals surface area (Å²) in [7, 11) is 0. The molecular formula is C23H20Cl2N2O4S. The molecule has 1 heterocycles. The van der Waals surface area contributed by atoms with Gasteiger partial charge < -0.3 is 15.4 Å². The average Bonchev–Trinajstić information content (AvgIpc) is 3.07. The van der Waals surface area contributed by atoms with Crippen molar-refractivity contribution in [2.75, 3.05) is 17.2 Å². The van der Waals surface area contributed by atoms with Crippen molar-refractivity contribution in [2.45, 2.75) is 20.8 Å². The van der Waals surface area contributed by atoms with Crippen molar-refractivity contribution in [1.82, 2.24) is 0 Å². The number of amides is 2. The van der Waals surface area contributed by atoms with Crippen LogP contribution in [0.5, 0.6) is 0 Å². The Bertz CT molecular complexity index is 1210. The van der Waals surface area contributed by atoms with Crippen LogP contribution < -0.4 is 10.6 Å². The van der Waals surface area contributed by atoms with E-state index in [0.717, 1.165) is 16.9 Å². The van der Waals surface area contributed by atoms with Gasteiger partial charge in [-0.05, 0) is 62.2 Å². The number of nitrogens with one attached hydrogen (secondary N) is 2. The minimum Gasteiger partial charge on any atom is -0.462 e. The molecule has 0 spiro atoms. The first kappa shape index (κ1) is 23.8. The third-order valence-corrected chi connectivity index (χ3v) is 6.51. The van der Waals surface area contributed by atoms with Crippen molar-refractivity contribution in [3.05, 3.63) is 79.6 Å². The van der Waals surface area contributed by atoms with E-state index in [1.54, 1.807) is 57.2 Å². The van der Waals surface area contributed by atoms with Gasteiger partial charge in [0.15, 0.2) is 0 Å². The Labute approximate surface area is 199 Å². The molecule has 32 heavy (non-hydrogen) atoms. The molecule has 0 aliphatic heterocycles. The molecule has 2 aromatic carbocycles. The Hall–Kier alpha value is -2.87. The summed E-state index contributed by atoms with van der Waals surface area (Å²) in [5.74, 6) is -1.51. The second-order valence-electron chi connectivity index (χ2n) is 6.81. The van der Waals surface area contributed by atoms with Crippen molar-refractivity contribution in [1.29, 1.82) is 0 Å². The summed E-state index contributed by atoms with van der Waals surface area (Å²) < 4.78 is 5.15. The number of hydrogen-bond acceptors (Lipinski definition) is 5. The molecule has 0 fully saturated rings. The van der Waals surface area contributed by atoms with Crippen LogP contribution in [0.2, 0.25) is 10.0 Å². The molecule has 3 aromatic rings. The number of anilines is 2. The number of halogens is 2. The zero-order valence-electron chi connectivity index (χ0n) is 17.5. The molecule has 0 saturated carbocycles. The quantitative estimate of drug-likeness (QED) is 0.394. The van der Waals surface area contributed by atoms with E-state index in [4.69, 9.17) is 27.9 Å². The van der Waals surface area contributed by atoms with E-state index in [9.17, 15) is 14.4 Å². The Morgan fingerprint density at radius 2 is 1.69 bits per heavy atom. The lowest BCUT2D eigenvalue weighted by atomic mass is 10.1. The number of ether oxygens (including phenoxy) is 1. The molecule has 0 aliphatic rings. The highest BCUT2D eigenvalue weighted by atomic mass is 35.5. The molecule has 166 valence electrons. The first-order valence-corrected chi connectivity index (χ1v) is 11.2. The zero-order chi connectivity index (χ0) is 23.4. The smallest absolute Gasteiger partial charge is 0.341 e. The maximum atomic E-state index is 13.0. The van der Waals surface area contributed by atoms with E-state index >= 15 is 0 Å². The van der Waals surface area contributed by atoms with Crippen molar-refractivity contribution < 1.29 is 19.1 Å². The molecule has 3 rings (SSSR count). The van der Waals surface area contributed by atoms with E-state index in [1.165, 1.54) is 6.07 Å². The number of rotatable bonds is 6. The predicted octanol–water partition coefficient (Wildman–Crippen LogP) is 6.35. The fourth-order valence-corrected chi connectivity index (χ4v) is 4.44. The Morgan fingerprint density at radius 1 is 0.969 bits per heavy atom. The topological polar surface area (TPSA) is 84.5 Å². The predicted molar refractivity (Wildman–Crippen MR) is 129 cm³/mol. The van der Waals surface area contributed by atoms with Crippen LogP contribution in [0.25, 0.3) is 0 Å². The molecule has 0 atom stereocenters. The summed E-state index contributed by atoms with van der Waals surface area (Å²) in [6, 6.07) is 11.6. The number of hydrogen-bond donors (Lipinski definition) is 2. The number of thiophene rings is 1. The van der Waals surface area contributed by atoms with Gasteiger partial charge in [-0.15, -0.1) is 11.3 Å². The van der Waals surface area contributed by atoms with Gasteiger partial charge in [-0.25, -0.2) is 4.79 Å². The molecule has 0 saturated heterocycles. The minimum absolute atomic E-state index is 0.139. The van der Waals surface area contributed by atoms with Crippen LogP contribution in [0.1, 0.15) is 48.4 Å². The Balaban J connectivity index is 1.97. The van der Waals surface area contributed by atoms with Gasteiger partial charge in [0.2, 0.25) is 0 Å². The number of benzene rings is 2. The number of esters is 1. The van der Waals surface area contributed by atoms with E-state index in [0.29, 0.717) is 26.9 Å². The summed E-state index contributed by atoms with van der Waals surface area (Å²) in [6.45, 7) is 5.26. The highest BCUT2D eigenvalue weighted by Gasteiger charge is 2.27. The monoisotopic (exact) mass is 490 g/mol. The molecule has 2 N–H and O–H groups in total. The highest BCUT2D eigenvalue weighted by Crippen LogP contribution is 2.35. The summed E-state index contributed by atoms with van der Waals surface area (Å²) in [4.78, 5) is 38.6. The van der Waals surface area contributed by atoms with Crippen molar-refractivity contribution in [2.24, 2.45) is 0 Å². The molecule has 9 heteroatoms. The second kappa shape index (κ2) is 10.2. The normalized spacial score (nSPS) is 10.5. The van der Waals surface area contributed by atoms with E-state index in [2.05, 4.69) is 10.6 Å². The van der Waals surface area contributed by atoms with Crippen LogP contribution in [0, 0.1) is 13.8 Å². The van der Waals surface area contributed by atoms with Crippen LogP contribution in [-0.4, -0.2) is 24.4 Å². The third kappa shape index (κ3) is 5.12. The summed E-state index contributed by atoms with van der Waals surface area (Å²) in [5.41, 5.74) is 2.14. The van der Waals surface area contributed by atoms with Crippen molar-refractivity contribution >= 4 is 63.0 Å². The summed E-state index contributed by atoms with van der Waals surface area (Å²) >= 11 is 13.1. The van der Waals surface area contributed by atoms with Crippen LogP contribution >= 0.6 is 34.5 Å². The van der Waals surface area contributed by atoms with E-state index in [1.807, 2.05) is 0 Å². The second-order valence-corrected chi connectivity index (χ2v) is 8.68. The molecule has 1 aromatic heterocycles. The van der Waals surface area contributed by atoms with Gasteiger partial charge in [0.1, 0.15) is 5.00 Å². The van der Waals surface area contributed by atoms with E-state index < -0.39 is 17.8 Å². The molecule has 0 aliphatic carbocycles. The van der Waals surface area contributed by atoms with Crippen LogP contribution in [0.3, 0.4) is 0 Å². The van der Waals surface area contributed by atoms with Gasteiger partial charge >= 0.3 is 5.97 Å². The fourth-order valence-electron chi connectivity index (χ4n) is 2.99. The van der Waals surface area contributed by atoms with Gasteiger partial charge in [0, 0.05) is 21.3 Å². The number of carbonyl (C=O) groups is 3. The summed E-state index contributed by atoms with van der Waals surface area (Å²) in [5, 5.41) is 6.68. The molecule has 6 nitrogen and oxygen atoms in total. The molecular weight excluding hydrogens is 471 g/mol. The van der Waals surface area contributed by atoms with Crippen molar-refractivity contribution in [3.63, 3.8) is 0 Å². The maximum absolute atomic E-state index is 13.0. The van der Waals surface area contributed by atoms with Gasteiger partial charge in [-0.1, -0.05) is 35.3 Å². The van der Waals surface area contributed by atoms with Gasteiger partial charge in [0.25, 0.3) is 11.8 Å². The van der Waals surface area contributed by atoms with Crippen LogP contribution in [-0.2, 0) is 4.74 Å². The Kier molecular flexibility index (Phi) is 7.56. The SMILES string of the molecule is CCOC(=O)c1c(NC(=O)c2cccc(Cl)c2)sc(C(=O)Nc2cccc(Cl)c2C)c1C. The average molecular weight is 491 g/mol.